The predicted molar refractivity (Wildman–Crippen MR) is 153 cm³/mol. The quantitative estimate of drug-likeness (QED) is 0.320. The molecule has 0 aromatic heterocycles. The molecule has 0 amide bonds. The van der Waals surface area contributed by atoms with Gasteiger partial charge >= 0.3 is 0 Å². The van der Waals surface area contributed by atoms with E-state index in [9.17, 15) is 0 Å². The van der Waals surface area contributed by atoms with Crippen LogP contribution in [0.5, 0.6) is 5.75 Å². The van der Waals surface area contributed by atoms with Crippen molar-refractivity contribution in [1.29, 1.82) is 0 Å². The molecule has 7 nitrogen and oxygen atoms in total. The number of guanidine groups is 1. The van der Waals surface area contributed by atoms with Crippen molar-refractivity contribution < 1.29 is 4.74 Å². The average Bonchev–Trinajstić information content (AvgIpc) is 3.38. The van der Waals surface area contributed by atoms with Crippen LogP contribution in [0.3, 0.4) is 0 Å². The molecule has 3 heterocycles. The largest absolute Gasteiger partial charge is 0.495 e. The highest BCUT2D eigenvalue weighted by Crippen LogP contribution is 2.15. The lowest BCUT2D eigenvalue weighted by Crippen LogP contribution is -2.37. The smallest absolute Gasteiger partial charge is 0.223 e. The minimum atomic E-state index is -0.134. The van der Waals surface area contributed by atoms with Crippen molar-refractivity contribution in [3.8, 4) is 17.6 Å². The molecule has 0 bridgehead atoms. The third-order valence-electron chi connectivity index (χ3n) is 7.05. The molecule has 198 valence electrons. The molecule has 2 saturated heterocycles. The highest BCUT2D eigenvalue weighted by Gasteiger charge is 2.18. The molecule has 7 heteroatoms. The standard InChI is InChI=1S/C30H42N6O/c1-31-15-7-3-4-8-16-32-29-24-26-23-28(37-2)25(14-6-11-17-35-18-12-13-19-35)22-27(26)33-30(34-29)36-20-9-5-10-21-36/h3,7,15,22-24,29,32H,4-5,8-13,16-21H2,1-2H3/b7-3-,31-15?. The molecule has 1 atom stereocenters. The Hall–Kier alpha value is -2.95. The molecule has 1 aromatic rings. The number of benzene rings is 1. The number of methoxy groups -OCH3 is 1. The van der Waals surface area contributed by atoms with Crippen molar-refractivity contribution in [2.75, 3.05) is 53.4 Å². The molecule has 0 radical (unpaired) electrons. The number of nitrogens with zero attached hydrogens (tertiary/aromatic N) is 5. The van der Waals surface area contributed by atoms with Crippen LogP contribution < -0.4 is 20.6 Å². The van der Waals surface area contributed by atoms with E-state index < -0.39 is 0 Å². The third kappa shape index (κ3) is 8.28. The van der Waals surface area contributed by atoms with Crippen LogP contribution in [-0.2, 0) is 0 Å². The van der Waals surface area contributed by atoms with E-state index in [0.29, 0.717) is 0 Å². The van der Waals surface area contributed by atoms with Crippen LogP contribution in [0.25, 0.3) is 6.08 Å². The highest BCUT2D eigenvalue weighted by molar-refractivity contribution is 5.82. The van der Waals surface area contributed by atoms with Gasteiger partial charge in [-0.2, -0.15) is 0 Å². The number of aliphatic imine (C=N–C) groups is 2. The minimum absolute atomic E-state index is 0.134. The summed E-state index contributed by atoms with van der Waals surface area (Å²) in [5.41, 5.74) is 0.895. The first kappa shape index (κ1) is 27.1. The van der Waals surface area contributed by atoms with Gasteiger partial charge in [-0.15, -0.1) is 0 Å². The second kappa shape index (κ2) is 14.7. The maximum absolute atomic E-state index is 5.75. The molecule has 4 rings (SSSR count). The fourth-order valence-electron chi connectivity index (χ4n) is 4.99. The van der Waals surface area contributed by atoms with Crippen LogP contribution in [0.15, 0.2) is 39.3 Å². The fraction of sp³-hybridized carbons (Fsp3) is 0.567. The van der Waals surface area contributed by atoms with E-state index in [1.54, 1.807) is 14.2 Å². The average molecular weight is 503 g/mol. The van der Waals surface area contributed by atoms with E-state index in [1.165, 1.54) is 45.2 Å². The number of ether oxygens (including phenoxy) is 1. The maximum atomic E-state index is 5.75. The molecule has 0 saturated carbocycles. The number of hydrogen-bond donors (Lipinski definition) is 1. The van der Waals surface area contributed by atoms with Gasteiger partial charge in [0.05, 0.1) is 18.0 Å². The summed E-state index contributed by atoms with van der Waals surface area (Å²) in [4.78, 5) is 18.9. The van der Waals surface area contributed by atoms with Crippen LogP contribution in [0, 0.1) is 11.8 Å². The summed E-state index contributed by atoms with van der Waals surface area (Å²) in [5, 5.41) is 5.56. The number of unbranched alkanes of at least 4 members (excludes halogenated alkanes) is 1. The normalized spacial score (nSPS) is 20.1. The van der Waals surface area contributed by atoms with Gasteiger partial charge in [0.1, 0.15) is 11.9 Å². The van der Waals surface area contributed by atoms with Gasteiger partial charge in [0.15, 0.2) is 0 Å². The molecular formula is C30H42N6O. The van der Waals surface area contributed by atoms with E-state index >= 15 is 0 Å². The van der Waals surface area contributed by atoms with Gasteiger partial charge in [0, 0.05) is 44.5 Å². The van der Waals surface area contributed by atoms with Gasteiger partial charge in [-0.25, -0.2) is 9.98 Å². The number of rotatable bonds is 9. The zero-order chi connectivity index (χ0) is 25.7. The molecule has 2 fully saturated rings. The molecule has 3 aliphatic rings. The van der Waals surface area contributed by atoms with Crippen molar-refractivity contribution >= 4 is 18.3 Å². The van der Waals surface area contributed by atoms with Crippen molar-refractivity contribution in [1.82, 2.24) is 15.1 Å². The van der Waals surface area contributed by atoms with Crippen molar-refractivity contribution in [3.63, 3.8) is 0 Å². The number of hydrogen-bond acceptors (Lipinski definition) is 7. The molecular weight excluding hydrogens is 460 g/mol. The molecule has 0 spiro atoms. The Morgan fingerprint density at radius 3 is 2.73 bits per heavy atom. The third-order valence-corrected chi connectivity index (χ3v) is 7.05. The molecule has 0 aliphatic carbocycles. The van der Waals surface area contributed by atoms with Gasteiger partial charge in [0.2, 0.25) is 5.96 Å². The summed E-state index contributed by atoms with van der Waals surface area (Å²) < 4.78 is 5.75. The van der Waals surface area contributed by atoms with E-state index in [4.69, 9.17) is 14.7 Å². The SMILES string of the molecule is CN=C/C=C\CCCNC1C=c2cc(OC)c(C#CCCN3CCCC3)cc2=NC(N2CCCCC2)=N1. The van der Waals surface area contributed by atoms with Crippen molar-refractivity contribution in [2.24, 2.45) is 15.0 Å². The monoisotopic (exact) mass is 502 g/mol. The number of piperidine rings is 1. The number of nitrogens with one attached hydrogen (secondary N) is 1. The Bertz CT molecular complexity index is 1150. The number of likely N-dealkylation sites (tertiary alicyclic amines) is 2. The summed E-state index contributed by atoms with van der Waals surface area (Å²) in [6, 6.07) is 4.15. The molecule has 3 aliphatic heterocycles. The Morgan fingerprint density at radius 1 is 1.14 bits per heavy atom. The Labute approximate surface area is 222 Å². The topological polar surface area (TPSA) is 64.8 Å². The number of allylic oxidation sites excluding steroid dienone is 2. The van der Waals surface area contributed by atoms with Crippen molar-refractivity contribution in [3.05, 3.63) is 40.4 Å². The van der Waals surface area contributed by atoms with E-state index in [2.05, 4.69) is 56.2 Å². The van der Waals surface area contributed by atoms with E-state index in [-0.39, 0.29) is 6.17 Å². The summed E-state index contributed by atoms with van der Waals surface area (Å²) in [5.74, 6) is 8.35. The highest BCUT2D eigenvalue weighted by atomic mass is 16.5. The van der Waals surface area contributed by atoms with Gasteiger partial charge in [-0.3, -0.25) is 10.3 Å². The zero-order valence-electron chi connectivity index (χ0n) is 22.6. The summed E-state index contributed by atoms with van der Waals surface area (Å²) >= 11 is 0. The van der Waals surface area contributed by atoms with Crippen LogP contribution in [-0.4, -0.2) is 81.6 Å². The first-order valence-electron chi connectivity index (χ1n) is 13.9. The first-order valence-corrected chi connectivity index (χ1v) is 13.9. The maximum Gasteiger partial charge on any atom is 0.223 e. The van der Waals surface area contributed by atoms with E-state index in [1.807, 2.05) is 12.3 Å². The first-order chi connectivity index (χ1) is 18.3. The molecule has 1 unspecified atom stereocenters. The van der Waals surface area contributed by atoms with Crippen molar-refractivity contribution in [2.45, 2.75) is 57.5 Å². The second-order valence-electron chi connectivity index (χ2n) is 9.84. The lowest BCUT2D eigenvalue weighted by atomic mass is 10.1. The van der Waals surface area contributed by atoms with Gasteiger partial charge in [0.25, 0.3) is 0 Å². The van der Waals surface area contributed by atoms with Crippen LogP contribution in [0.2, 0.25) is 0 Å². The fourth-order valence-corrected chi connectivity index (χ4v) is 4.99. The summed E-state index contributed by atoms with van der Waals surface area (Å²) in [6.07, 6.45) is 17.2. The lowest BCUT2D eigenvalue weighted by molar-refractivity contribution is 0.336. The Balaban J connectivity index is 1.55. The van der Waals surface area contributed by atoms with E-state index in [0.717, 1.165) is 73.3 Å². The minimum Gasteiger partial charge on any atom is -0.495 e. The Morgan fingerprint density at radius 2 is 1.95 bits per heavy atom. The molecule has 1 N–H and O–H groups in total. The van der Waals surface area contributed by atoms with Crippen LogP contribution in [0.4, 0.5) is 0 Å². The lowest BCUT2D eigenvalue weighted by Gasteiger charge is -2.28. The zero-order valence-corrected chi connectivity index (χ0v) is 22.6. The summed E-state index contributed by atoms with van der Waals surface area (Å²) in [6.45, 7) is 6.34. The number of fused-ring (bicyclic) bond motifs is 1. The van der Waals surface area contributed by atoms with Crippen LogP contribution in [0.1, 0.15) is 56.9 Å². The molecule has 1 aromatic carbocycles. The van der Waals surface area contributed by atoms with Gasteiger partial charge in [-0.1, -0.05) is 17.9 Å². The summed E-state index contributed by atoms with van der Waals surface area (Å²) in [7, 11) is 3.50. The Kier molecular flexibility index (Phi) is 10.8. The van der Waals surface area contributed by atoms with Crippen LogP contribution >= 0.6 is 0 Å². The molecule has 37 heavy (non-hydrogen) atoms. The predicted octanol–water partition coefficient (Wildman–Crippen LogP) is 2.74. The van der Waals surface area contributed by atoms with Gasteiger partial charge < -0.3 is 14.5 Å². The second-order valence-corrected chi connectivity index (χ2v) is 9.84. The van der Waals surface area contributed by atoms with Gasteiger partial charge in [-0.05, 0) is 88.9 Å².